The number of anilines is 2. The van der Waals surface area contributed by atoms with Crippen molar-refractivity contribution in [1.82, 2.24) is 0 Å². The minimum Gasteiger partial charge on any atom is -0.495 e. The van der Waals surface area contributed by atoms with Gasteiger partial charge in [-0.15, -0.1) is 0 Å². The van der Waals surface area contributed by atoms with E-state index in [1.807, 2.05) is 0 Å². The lowest BCUT2D eigenvalue weighted by molar-refractivity contribution is -0.123. The lowest BCUT2D eigenvalue weighted by atomic mass is 10.2. The molecular formula is C16H14ClFN2O3. The summed E-state index contributed by atoms with van der Waals surface area (Å²) in [6.07, 6.45) is -0.446. The summed E-state index contributed by atoms with van der Waals surface area (Å²) in [7, 11) is 1.48. The van der Waals surface area contributed by atoms with Gasteiger partial charge >= 0.3 is 0 Å². The molecule has 0 aromatic heterocycles. The van der Waals surface area contributed by atoms with Crippen LogP contribution >= 0.6 is 11.6 Å². The number of carbonyl (C=O) groups excluding carboxylic acids is 2. The van der Waals surface area contributed by atoms with Gasteiger partial charge in [0.25, 0.3) is 0 Å². The quantitative estimate of drug-likeness (QED) is 0.822. The van der Waals surface area contributed by atoms with Gasteiger partial charge in [-0.2, -0.15) is 0 Å². The number of methoxy groups -OCH3 is 1. The highest BCUT2D eigenvalue weighted by Crippen LogP contribution is 2.27. The number of rotatable bonds is 5. The van der Waals surface area contributed by atoms with Gasteiger partial charge in [-0.25, -0.2) is 4.39 Å². The average Bonchev–Trinajstić information content (AvgIpc) is 2.49. The summed E-state index contributed by atoms with van der Waals surface area (Å²) in [4.78, 5) is 23.6. The van der Waals surface area contributed by atoms with Gasteiger partial charge in [-0.05, 0) is 30.3 Å². The lowest BCUT2D eigenvalue weighted by Gasteiger charge is -2.09. The second kappa shape index (κ2) is 7.60. The van der Waals surface area contributed by atoms with Crippen LogP contribution in [0.2, 0.25) is 5.02 Å². The van der Waals surface area contributed by atoms with E-state index >= 15 is 0 Å². The van der Waals surface area contributed by atoms with Gasteiger partial charge in [-0.1, -0.05) is 23.7 Å². The van der Waals surface area contributed by atoms with E-state index in [1.165, 1.54) is 31.4 Å². The molecule has 2 N–H and O–H groups in total. The molecule has 0 unspecified atom stereocenters. The number of halogens is 2. The van der Waals surface area contributed by atoms with E-state index < -0.39 is 24.1 Å². The third kappa shape index (κ3) is 4.69. The molecule has 0 bridgehead atoms. The van der Waals surface area contributed by atoms with Crippen LogP contribution in [0.25, 0.3) is 0 Å². The minimum absolute atomic E-state index is 0.0257. The SMILES string of the molecule is COc1ccc(NC(=O)CC(=O)Nc2ccccc2F)cc1Cl. The second-order valence-corrected chi connectivity index (χ2v) is 5.01. The van der Waals surface area contributed by atoms with Gasteiger partial charge < -0.3 is 15.4 Å². The van der Waals surface area contributed by atoms with Crippen molar-refractivity contribution in [1.29, 1.82) is 0 Å². The van der Waals surface area contributed by atoms with Crippen molar-refractivity contribution < 1.29 is 18.7 Å². The maximum atomic E-state index is 13.4. The van der Waals surface area contributed by atoms with Crippen molar-refractivity contribution in [2.45, 2.75) is 6.42 Å². The molecule has 0 saturated heterocycles. The first-order chi connectivity index (χ1) is 11.0. The summed E-state index contributed by atoms with van der Waals surface area (Å²) in [5.41, 5.74) is 0.456. The Kier molecular flexibility index (Phi) is 5.54. The highest BCUT2D eigenvalue weighted by molar-refractivity contribution is 6.32. The van der Waals surface area contributed by atoms with Crippen molar-refractivity contribution in [3.05, 3.63) is 53.3 Å². The number of ether oxygens (including phenoxy) is 1. The molecule has 0 heterocycles. The van der Waals surface area contributed by atoms with Crippen molar-refractivity contribution in [3.8, 4) is 5.75 Å². The van der Waals surface area contributed by atoms with Crippen LogP contribution in [0.15, 0.2) is 42.5 Å². The Balaban J connectivity index is 1.93. The predicted molar refractivity (Wildman–Crippen MR) is 86.3 cm³/mol. The first kappa shape index (κ1) is 16.8. The van der Waals surface area contributed by atoms with Gasteiger partial charge in [0.15, 0.2) is 0 Å². The van der Waals surface area contributed by atoms with E-state index in [-0.39, 0.29) is 5.69 Å². The molecule has 0 aliphatic carbocycles. The molecule has 2 rings (SSSR count). The Labute approximate surface area is 137 Å². The van der Waals surface area contributed by atoms with Crippen LogP contribution in [0.3, 0.4) is 0 Å². The molecule has 0 spiro atoms. The number of nitrogens with one attached hydrogen (secondary N) is 2. The number of amides is 2. The van der Waals surface area contributed by atoms with Crippen molar-refractivity contribution in [3.63, 3.8) is 0 Å². The summed E-state index contributed by atoms with van der Waals surface area (Å²) in [5.74, 6) is -1.25. The van der Waals surface area contributed by atoms with Crippen LogP contribution in [0.5, 0.6) is 5.75 Å². The first-order valence-electron chi connectivity index (χ1n) is 6.67. The number of benzene rings is 2. The van der Waals surface area contributed by atoms with Gasteiger partial charge in [0.05, 0.1) is 17.8 Å². The van der Waals surface area contributed by atoms with E-state index in [1.54, 1.807) is 18.2 Å². The largest absolute Gasteiger partial charge is 0.495 e. The Morgan fingerprint density at radius 2 is 1.83 bits per heavy atom. The Bertz CT molecular complexity index is 737. The second-order valence-electron chi connectivity index (χ2n) is 4.60. The average molecular weight is 337 g/mol. The van der Waals surface area contributed by atoms with Gasteiger partial charge in [0, 0.05) is 5.69 Å². The van der Waals surface area contributed by atoms with E-state index in [0.717, 1.165) is 0 Å². The summed E-state index contributed by atoms with van der Waals surface area (Å²) < 4.78 is 18.4. The van der Waals surface area contributed by atoms with Crippen LogP contribution in [0, 0.1) is 5.82 Å². The minimum atomic E-state index is -0.618. The zero-order chi connectivity index (χ0) is 16.8. The Morgan fingerprint density at radius 3 is 2.48 bits per heavy atom. The molecule has 5 nitrogen and oxygen atoms in total. The molecule has 0 atom stereocenters. The highest BCUT2D eigenvalue weighted by Gasteiger charge is 2.12. The fourth-order valence-corrected chi connectivity index (χ4v) is 2.11. The molecule has 7 heteroatoms. The number of para-hydroxylation sites is 1. The van der Waals surface area contributed by atoms with Crippen LogP contribution in [-0.4, -0.2) is 18.9 Å². The molecule has 120 valence electrons. The third-order valence-electron chi connectivity index (χ3n) is 2.90. The topological polar surface area (TPSA) is 67.4 Å². The molecule has 0 aliphatic heterocycles. The first-order valence-corrected chi connectivity index (χ1v) is 7.05. The molecule has 0 radical (unpaired) electrons. The van der Waals surface area contributed by atoms with Gasteiger partial charge in [0.1, 0.15) is 18.0 Å². The summed E-state index contributed by atoms with van der Waals surface area (Å²) in [5, 5.41) is 5.20. The van der Waals surface area contributed by atoms with Crippen molar-refractivity contribution >= 4 is 34.8 Å². The maximum absolute atomic E-state index is 13.4. The Morgan fingerprint density at radius 1 is 1.13 bits per heavy atom. The number of carbonyl (C=O) groups is 2. The molecule has 2 amide bonds. The molecule has 23 heavy (non-hydrogen) atoms. The maximum Gasteiger partial charge on any atom is 0.233 e. The molecule has 2 aromatic carbocycles. The van der Waals surface area contributed by atoms with Gasteiger partial charge in [-0.3, -0.25) is 9.59 Å². The fraction of sp³-hybridized carbons (Fsp3) is 0.125. The van der Waals surface area contributed by atoms with E-state index in [4.69, 9.17) is 16.3 Å². The molecule has 0 fully saturated rings. The zero-order valence-corrected chi connectivity index (χ0v) is 13.0. The van der Waals surface area contributed by atoms with E-state index in [9.17, 15) is 14.0 Å². The third-order valence-corrected chi connectivity index (χ3v) is 3.20. The molecule has 0 saturated carbocycles. The van der Waals surface area contributed by atoms with E-state index in [2.05, 4.69) is 10.6 Å². The number of hydrogen-bond donors (Lipinski definition) is 2. The summed E-state index contributed by atoms with van der Waals surface area (Å²) in [6.45, 7) is 0. The van der Waals surface area contributed by atoms with E-state index in [0.29, 0.717) is 16.5 Å². The summed E-state index contributed by atoms with van der Waals surface area (Å²) in [6, 6.07) is 10.4. The van der Waals surface area contributed by atoms with Crippen LogP contribution in [-0.2, 0) is 9.59 Å². The summed E-state index contributed by atoms with van der Waals surface area (Å²) >= 11 is 5.95. The monoisotopic (exact) mass is 336 g/mol. The standard InChI is InChI=1S/C16H14ClFN2O3/c1-23-14-7-6-10(8-11(14)17)19-15(21)9-16(22)20-13-5-3-2-4-12(13)18/h2-8H,9H2,1H3,(H,19,21)(H,20,22). The smallest absolute Gasteiger partial charge is 0.233 e. The molecule has 0 aliphatic rings. The van der Waals surface area contributed by atoms with Crippen molar-refractivity contribution in [2.75, 3.05) is 17.7 Å². The van der Waals surface area contributed by atoms with Crippen LogP contribution in [0.4, 0.5) is 15.8 Å². The fourth-order valence-electron chi connectivity index (χ4n) is 1.85. The lowest BCUT2D eigenvalue weighted by Crippen LogP contribution is -2.21. The molecular weight excluding hydrogens is 323 g/mol. The zero-order valence-electron chi connectivity index (χ0n) is 12.2. The van der Waals surface area contributed by atoms with Crippen LogP contribution < -0.4 is 15.4 Å². The highest BCUT2D eigenvalue weighted by atomic mass is 35.5. The molecule has 2 aromatic rings. The normalized spacial score (nSPS) is 10.0. The van der Waals surface area contributed by atoms with Crippen LogP contribution in [0.1, 0.15) is 6.42 Å². The van der Waals surface area contributed by atoms with Gasteiger partial charge in [0.2, 0.25) is 11.8 Å². The predicted octanol–water partition coefficient (Wildman–Crippen LogP) is 3.46. The van der Waals surface area contributed by atoms with Crippen molar-refractivity contribution in [2.24, 2.45) is 0 Å². The Hall–Kier alpha value is -2.60. The number of hydrogen-bond acceptors (Lipinski definition) is 3.